The smallest absolute Gasteiger partial charge is 0.146 e. The van der Waals surface area contributed by atoms with Gasteiger partial charge in [-0.25, -0.2) is 4.39 Å². The Bertz CT molecular complexity index is 636. The first-order valence-corrected chi connectivity index (χ1v) is 7.83. The number of halogens is 3. The van der Waals surface area contributed by atoms with Crippen LogP contribution in [0, 0.1) is 5.82 Å². The van der Waals surface area contributed by atoms with Crippen LogP contribution >= 0.6 is 27.5 Å². The zero-order valence-corrected chi connectivity index (χ0v) is 13.9. The van der Waals surface area contributed by atoms with Crippen LogP contribution in [-0.4, -0.2) is 6.04 Å². The highest BCUT2D eigenvalue weighted by molar-refractivity contribution is 9.10. The molecule has 2 nitrogen and oxygen atoms in total. The van der Waals surface area contributed by atoms with Gasteiger partial charge in [0.25, 0.3) is 0 Å². The molecule has 0 fully saturated rings. The van der Waals surface area contributed by atoms with Gasteiger partial charge in [0.05, 0.1) is 5.02 Å². The number of rotatable bonds is 5. The first-order chi connectivity index (χ1) is 9.99. The molecule has 1 unspecified atom stereocenters. The number of hydrogen-bond acceptors (Lipinski definition) is 2. The lowest BCUT2D eigenvalue weighted by atomic mass is 10.0. The standard InChI is InChI=1S/C16H16BrClFNO/c1-2-13(20)7-10-3-4-11(17)8-16(10)21-15-6-5-12(19)9-14(15)18/h3-6,8-9,13H,2,7,20H2,1H3. The predicted molar refractivity (Wildman–Crippen MR) is 87.6 cm³/mol. The van der Waals surface area contributed by atoms with E-state index in [-0.39, 0.29) is 11.1 Å². The maximum atomic E-state index is 13.1. The van der Waals surface area contributed by atoms with Gasteiger partial charge in [-0.15, -0.1) is 0 Å². The van der Waals surface area contributed by atoms with Gasteiger partial charge in [-0.05, 0) is 48.7 Å². The topological polar surface area (TPSA) is 35.2 Å². The summed E-state index contributed by atoms with van der Waals surface area (Å²) in [5.74, 6) is 0.694. The van der Waals surface area contributed by atoms with Crippen LogP contribution < -0.4 is 10.5 Å². The van der Waals surface area contributed by atoms with Crippen molar-refractivity contribution in [2.75, 3.05) is 0 Å². The van der Waals surface area contributed by atoms with Crippen LogP contribution in [0.15, 0.2) is 40.9 Å². The Morgan fingerprint density at radius 2 is 2.00 bits per heavy atom. The number of benzene rings is 2. The molecule has 2 N–H and O–H groups in total. The summed E-state index contributed by atoms with van der Waals surface area (Å²) in [5.41, 5.74) is 7.01. The lowest BCUT2D eigenvalue weighted by Crippen LogP contribution is -2.21. The van der Waals surface area contributed by atoms with Gasteiger partial charge in [0, 0.05) is 10.5 Å². The molecule has 2 aromatic carbocycles. The van der Waals surface area contributed by atoms with Crippen LogP contribution in [0.4, 0.5) is 4.39 Å². The van der Waals surface area contributed by atoms with Gasteiger partial charge in [0.15, 0.2) is 0 Å². The monoisotopic (exact) mass is 371 g/mol. The fourth-order valence-electron chi connectivity index (χ4n) is 1.90. The second-order valence-electron chi connectivity index (χ2n) is 4.80. The van der Waals surface area contributed by atoms with Crippen LogP contribution in [-0.2, 0) is 6.42 Å². The van der Waals surface area contributed by atoms with Crippen LogP contribution in [0.25, 0.3) is 0 Å². The molecule has 0 bridgehead atoms. The first kappa shape index (κ1) is 16.3. The third kappa shape index (κ3) is 4.43. The van der Waals surface area contributed by atoms with E-state index in [1.54, 1.807) is 0 Å². The van der Waals surface area contributed by atoms with Gasteiger partial charge >= 0.3 is 0 Å². The van der Waals surface area contributed by atoms with Crippen molar-refractivity contribution in [3.63, 3.8) is 0 Å². The molecular weight excluding hydrogens is 357 g/mol. The maximum Gasteiger partial charge on any atom is 0.146 e. The zero-order chi connectivity index (χ0) is 15.4. The minimum absolute atomic E-state index is 0.0669. The van der Waals surface area contributed by atoms with Gasteiger partial charge in [0.1, 0.15) is 17.3 Å². The van der Waals surface area contributed by atoms with Crippen molar-refractivity contribution in [2.24, 2.45) is 5.73 Å². The van der Waals surface area contributed by atoms with Crippen molar-refractivity contribution in [1.82, 2.24) is 0 Å². The van der Waals surface area contributed by atoms with Gasteiger partial charge in [-0.2, -0.15) is 0 Å². The average molecular weight is 373 g/mol. The third-order valence-corrected chi connectivity index (χ3v) is 3.94. The highest BCUT2D eigenvalue weighted by Crippen LogP contribution is 2.33. The quantitative estimate of drug-likeness (QED) is 0.771. The van der Waals surface area contributed by atoms with Crippen LogP contribution in [0.2, 0.25) is 5.02 Å². The van der Waals surface area contributed by atoms with Crippen LogP contribution in [0.5, 0.6) is 11.5 Å². The van der Waals surface area contributed by atoms with E-state index in [1.807, 2.05) is 25.1 Å². The molecule has 0 aliphatic carbocycles. The van der Waals surface area contributed by atoms with E-state index in [0.717, 1.165) is 16.5 Å². The number of nitrogens with two attached hydrogens (primary N) is 1. The summed E-state index contributed by atoms with van der Waals surface area (Å²) >= 11 is 9.42. The largest absolute Gasteiger partial charge is 0.455 e. The molecule has 1 atom stereocenters. The van der Waals surface area contributed by atoms with E-state index in [2.05, 4.69) is 15.9 Å². The second-order valence-corrected chi connectivity index (χ2v) is 6.12. The molecule has 0 amide bonds. The molecule has 0 aliphatic rings. The Labute approximate surface area is 137 Å². The maximum absolute atomic E-state index is 13.1. The molecule has 21 heavy (non-hydrogen) atoms. The van der Waals surface area contributed by atoms with Gasteiger partial charge in [-0.3, -0.25) is 0 Å². The normalized spacial score (nSPS) is 12.2. The van der Waals surface area contributed by atoms with Gasteiger partial charge < -0.3 is 10.5 Å². The first-order valence-electron chi connectivity index (χ1n) is 6.66. The van der Waals surface area contributed by atoms with Gasteiger partial charge in [-0.1, -0.05) is 40.5 Å². The number of ether oxygens (including phenoxy) is 1. The molecule has 0 aliphatic heterocycles. The fraction of sp³-hybridized carbons (Fsp3) is 0.250. The van der Waals surface area contributed by atoms with E-state index in [9.17, 15) is 4.39 Å². The Morgan fingerprint density at radius 1 is 1.24 bits per heavy atom. The Morgan fingerprint density at radius 3 is 2.67 bits per heavy atom. The summed E-state index contributed by atoms with van der Waals surface area (Å²) in [6.07, 6.45) is 1.59. The summed E-state index contributed by atoms with van der Waals surface area (Å²) < 4.78 is 19.8. The highest BCUT2D eigenvalue weighted by Gasteiger charge is 2.11. The van der Waals surface area contributed by atoms with Crippen LogP contribution in [0.3, 0.4) is 0 Å². The van der Waals surface area contributed by atoms with E-state index in [1.165, 1.54) is 18.2 Å². The van der Waals surface area contributed by atoms with Crippen molar-refractivity contribution in [3.05, 3.63) is 57.3 Å². The minimum Gasteiger partial charge on any atom is -0.455 e. The van der Waals surface area contributed by atoms with Crippen molar-refractivity contribution in [3.8, 4) is 11.5 Å². The van der Waals surface area contributed by atoms with E-state index < -0.39 is 5.82 Å². The molecule has 0 heterocycles. The Kier molecular flexibility index (Phi) is 5.62. The van der Waals surface area contributed by atoms with Crippen molar-refractivity contribution < 1.29 is 9.13 Å². The molecule has 112 valence electrons. The molecule has 0 aromatic heterocycles. The minimum atomic E-state index is -0.394. The highest BCUT2D eigenvalue weighted by atomic mass is 79.9. The Balaban J connectivity index is 2.31. The van der Waals surface area contributed by atoms with Crippen molar-refractivity contribution in [2.45, 2.75) is 25.8 Å². The molecule has 0 radical (unpaired) electrons. The summed E-state index contributed by atoms with van der Waals surface area (Å²) in [6, 6.07) is 9.89. The van der Waals surface area contributed by atoms with E-state index in [4.69, 9.17) is 22.1 Å². The van der Waals surface area contributed by atoms with E-state index >= 15 is 0 Å². The molecule has 0 saturated carbocycles. The lowest BCUT2D eigenvalue weighted by Gasteiger charge is -2.15. The van der Waals surface area contributed by atoms with Gasteiger partial charge in [0.2, 0.25) is 0 Å². The predicted octanol–water partition coefficient (Wildman–Crippen LogP) is 5.31. The van der Waals surface area contributed by atoms with Crippen molar-refractivity contribution in [1.29, 1.82) is 0 Å². The Hall–Kier alpha value is -1.10. The second kappa shape index (κ2) is 7.25. The van der Waals surface area contributed by atoms with Crippen LogP contribution in [0.1, 0.15) is 18.9 Å². The molecular formula is C16H16BrClFNO. The number of hydrogen-bond donors (Lipinski definition) is 1. The zero-order valence-electron chi connectivity index (χ0n) is 11.6. The summed E-state index contributed by atoms with van der Waals surface area (Å²) in [5, 5.41) is 0.237. The molecule has 2 rings (SSSR count). The lowest BCUT2D eigenvalue weighted by molar-refractivity contribution is 0.470. The van der Waals surface area contributed by atoms with E-state index in [0.29, 0.717) is 17.9 Å². The third-order valence-electron chi connectivity index (χ3n) is 3.15. The molecule has 0 spiro atoms. The van der Waals surface area contributed by atoms with Crippen molar-refractivity contribution >= 4 is 27.5 Å². The molecule has 2 aromatic rings. The SMILES string of the molecule is CCC(N)Cc1ccc(Br)cc1Oc1ccc(F)cc1Cl. The molecule has 5 heteroatoms. The summed E-state index contributed by atoms with van der Waals surface area (Å²) in [6.45, 7) is 2.04. The summed E-state index contributed by atoms with van der Waals surface area (Å²) in [4.78, 5) is 0. The average Bonchev–Trinajstić information content (AvgIpc) is 2.44. The fourth-order valence-corrected chi connectivity index (χ4v) is 2.44. The summed E-state index contributed by atoms with van der Waals surface area (Å²) in [7, 11) is 0. The molecule has 0 saturated heterocycles.